The van der Waals surface area contributed by atoms with E-state index < -0.39 is 6.10 Å². The van der Waals surface area contributed by atoms with Crippen LogP contribution in [0.1, 0.15) is 36.3 Å². The van der Waals surface area contributed by atoms with Gasteiger partial charge in [-0.1, -0.05) is 23.9 Å². The predicted molar refractivity (Wildman–Crippen MR) is 81.7 cm³/mol. The lowest BCUT2D eigenvalue weighted by molar-refractivity contribution is 0.203. The van der Waals surface area contributed by atoms with Crippen LogP contribution in [0.15, 0.2) is 29.4 Å². The van der Waals surface area contributed by atoms with Gasteiger partial charge >= 0.3 is 0 Å². The molecule has 1 fully saturated rings. The molecule has 1 N–H and O–H groups in total. The number of aromatic nitrogens is 3. The molecule has 2 aromatic rings. The van der Waals surface area contributed by atoms with Crippen LogP contribution in [0.3, 0.4) is 0 Å². The zero-order valence-corrected chi connectivity index (χ0v) is 13.0. The number of benzene rings is 1. The Labute approximate surface area is 128 Å². The molecule has 1 atom stereocenters. The summed E-state index contributed by atoms with van der Waals surface area (Å²) in [7, 11) is 3.62. The minimum absolute atomic E-state index is 0.545. The zero-order valence-electron chi connectivity index (χ0n) is 12.2. The highest BCUT2D eigenvalue weighted by atomic mass is 32.2. The van der Waals surface area contributed by atoms with Gasteiger partial charge in [0, 0.05) is 18.7 Å². The molecule has 3 rings (SSSR count). The molecule has 0 bridgehead atoms. The van der Waals surface area contributed by atoms with Crippen LogP contribution >= 0.6 is 11.8 Å². The Balaban J connectivity index is 1.63. The van der Waals surface area contributed by atoms with Crippen LogP contribution in [0.25, 0.3) is 0 Å². The van der Waals surface area contributed by atoms with E-state index in [1.54, 1.807) is 7.11 Å². The number of aliphatic hydroxyl groups excluding tert-OH is 1. The molecule has 21 heavy (non-hydrogen) atoms. The summed E-state index contributed by atoms with van der Waals surface area (Å²) in [6, 6.07) is 7.51. The van der Waals surface area contributed by atoms with Crippen LogP contribution in [0.5, 0.6) is 5.75 Å². The third kappa shape index (κ3) is 3.22. The van der Waals surface area contributed by atoms with Crippen molar-refractivity contribution in [1.29, 1.82) is 0 Å². The van der Waals surface area contributed by atoms with E-state index in [1.807, 2.05) is 35.9 Å². The summed E-state index contributed by atoms with van der Waals surface area (Å²) in [6.45, 7) is 0. The number of rotatable bonds is 6. The molecule has 0 saturated heterocycles. The highest BCUT2D eigenvalue weighted by Crippen LogP contribution is 2.39. The quantitative estimate of drug-likeness (QED) is 0.831. The van der Waals surface area contributed by atoms with Gasteiger partial charge in [-0.25, -0.2) is 0 Å². The second-order valence-electron chi connectivity index (χ2n) is 5.28. The average Bonchev–Trinajstić information content (AvgIpc) is 3.29. The molecule has 0 amide bonds. The van der Waals surface area contributed by atoms with E-state index >= 15 is 0 Å². The Morgan fingerprint density at radius 3 is 2.95 bits per heavy atom. The Kier molecular flexibility index (Phi) is 4.17. The van der Waals surface area contributed by atoms with Crippen LogP contribution < -0.4 is 4.74 Å². The van der Waals surface area contributed by atoms with Crippen LogP contribution in [-0.2, 0) is 7.05 Å². The summed E-state index contributed by atoms with van der Waals surface area (Å²) in [5.41, 5.74) is 0.853. The number of thioether (sulfide) groups is 1. The van der Waals surface area contributed by atoms with Crippen LogP contribution in [0.4, 0.5) is 0 Å². The Bertz CT molecular complexity index is 625. The molecule has 1 aliphatic carbocycles. The first kappa shape index (κ1) is 14.4. The van der Waals surface area contributed by atoms with Crippen LogP contribution in [0, 0.1) is 0 Å². The normalized spacial score (nSPS) is 16.0. The Morgan fingerprint density at radius 1 is 1.43 bits per heavy atom. The van der Waals surface area contributed by atoms with Gasteiger partial charge in [0.05, 0.1) is 13.2 Å². The third-order valence-corrected chi connectivity index (χ3v) is 4.76. The van der Waals surface area contributed by atoms with Crippen molar-refractivity contribution in [2.75, 3.05) is 12.9 Å². The number of methoxy groups -OCH3 is 1. The van der Waals surface area contributed by atoms with Gasteiger partial charge in [-0.2, -0.15) is 0 Å². The highest BCUT2D eigenvalue weighted by molar-refractivity contribution is 7.99. The monoisotopic (exact) mass is 305 g/mol. The highest BCUT2D eigenvalue weighted by Gasteiger charge is 2.29. The molecule has 112 valence electrons. The molecule has 1 heterocycles. The molecule has 1 aliphatic rings. The fourth-order valence-corrected chi connectivity index (χ4v) is 3.13. The van der Waals surface area contributed by atoms with E-state index in [4.69, 9.17) is 4.74 Å². The molecule has 0 spiro atoms. The number of aliphatic hydroxyl groups is 1. The first-order chi connectivity index (χ1) is 10.2. The fourth-order valence-electron chi connectivity index (χ4n) is 2.25. The second-order valence-corrected chi connectivity index (χ2v) is 6.26. The summed E-state index contributed by atoms with van der Waals surface area (Å²) >= 11 is 1.53. The van der Waals surface area contributed by atoms with Gasteiger partial charge in [-0.3, -0.25) is 0 Å². The first-order valence-corrected chi connectivity index (χ1v) is 8.01. The van der Waals surface area contributed by atoms with Gasteiger partial charge in [-0.05, 0) is 30.5 Å². The summed E-state index contributed by atoms with van der Waals surface area (Å²) in [5.74, 6) is 2.95. The van der Waals surface area contributed by atoms with E-state index in [2.05, 4.69) is 10.2 Å². The van der Waals surface area contributed by atoms with Crippen molar-refractivity contribution in [2.45, 2.75) is 30.0 Å². The van der Waals surface area contributed by atoms with Crippen molar-refractivity contribution >= 4 is 11.8 Å². The number of hydrogen-bond donors (Lipinski definition) is 1. The van der Waals surface area contributed by atoms with Crippen molar-refractivity contribution in [1.82, 2.24) is 14.8 Å². The lowest BCUT2D eigenvalue weighted by Crippen LogP contribution is -2.03. The summed E-state index contributed by atoms with van der Waals surface area (Å²) in [4.78, 5) is 0. The SMILES string of the molecule is COc1cccc(C(O)CSc2nnc(C3CC3)n2C)c1. The first-order valence-electron chi connectivity index (χ1n) is 7.03. The van der Waals surface area contributed by atoms with Gasteiger partial charge in [0.15, 0.2) is 5.16 Å². The molecule has 0 aliphatic heterocycles. The van der Waals surface area contributed by atoms with Gasteiger partial charge < -0.3 is 14.4 Å². The zero-order chi connectivity index (χ0) is 14.8. The van der Waals surface area contributed by atoms with Crippen molar-refractivity contribution in [2.24, 2.45) is 7.05 Å². The average molecular weight is 305 g/mol. The second kappa shape index (κ2) is 6.07. The smallest absolute Gasteiger partial charge is 0.191 e. The van der Waals surface area contributed by atoms with Crippen molar-refractivity contribution < 1.29 is 9.84 Å². The molecular formula is C15H19N3O2S. The summed E-state index contributed by atoms with van der Waals surface area (Å²) < 4.78 is 7.22. The minimum Gasteiger partial charge on any atom is -0.497 e. The maximum atomic E-state index is 10.3. The molecule has 1 aromatic carbocycles. The van der Waals surface area contributed by atoms with Gasteiger partial charge in [-0.15, -0.1) is 10.2 Å². The molecule has 6 heteroatoms. The standard InChI is InChI=1S/C15H19N3O2S/c1-18-14(10-6-7-10)16-17-15(18)21-9-13(19)11-4-3-5-12(8-11)20-2/h3-5,8,10,13,19H,6-7,9H2,1-2H3. The van der Waals surface area contributed by atoms with E-state index in [0.29, 0.717) is 11.7 Å². The summed E-state index contributed by atoms with van der Waals surface area (Å²) in [5, 5.41) is 19.6. The summed E-state index contributed by atoms with van der Waals surface area (Å²) in [6.07, 6.45) is 1.87. The van der Waals surface area contributed by atoms with Crippen LogP contribution in [0.2, 0.25) is 0 Å². The number of hydrogen-bond acceptors (Lipinski definition) is 5. The lowest BCUT2D eigenvalue weighted by Gasteiger charge is -2.11. The van der Waals surface area contributed by atoms with Gasteiger partial charge in [0.2, 0.25) is 0 Å². The maximum absolute atomic E-state index is 10.3. The minimum atomic E-state index is -0.550. The Morgan fingerprint density at radius 2 is 2.24 bits per heavy atom. The van der Waals surface area contributed by atoms with Gasteiger partial charge in [0.25, 0.3) is 0 Å². The van der Waals surface area contributed by atoms with E-state index in [9.17, 15) is 5.11 Å². The molecular weight excluding hydrogens is 286 g/mol. The van der Waals surface area contributed by atoms with E-state index in [-0.39, 0.29) is 0 Å². The Hall–Kier alpha value is -1.53. The fraction of sp³-hybridized carbons (Fsp3) is 0.467. The van der Waals surface area contributed by atoms with E-state index in [1.165, 1.54) is 24.6 Å². The number of nitrogens with zero attached hydrogens (tertiary/aromatic N) is 3. The topological polar surface area (TPSA) is 60.2 Å². The molecule has 5 nitrogen and oxygen atoms in total. The van der Waals surface area contributed by atoms with E-state index in [0.717, 1.165) is 22.3 Å². The van der Waals surface area contributed by atoms with Crippen molar-refractivity contribution in [3.05, 3.63) is 35.7 Å². The van der Waals surface area contributed by atoms with Gasteiger partial charge in [0.1, 0.15) is 11.6 Å². The molecule has 1 saturated carbocycles. The molecule has 1 unspecified atom stereocenters. The number of ether oxygens (including phenoxy) is 1. The predicted octanol–water partition coefficient (Wildman–Crippen LogP) is 2.53. The third-order valence-electron chi connectivity index (χ3n) is 3.66. The molecule has 0 radical (unpaired) electrons. The lowest BCUT2D eigenvalue weighted by atomic mass is 10.1. The van der Waals surface area contributed by atoms with Crippen LogP contribution in [-0.4, -0.2) is 32.7 Å². The van der Waals surface area contributed by atoms with Crippen molar-refractivity contribution in [3.8, 4) is 5.75 Å². The largest absolute Gasteiger partial charge is 0.497 e. The maximum Gasteiger partial charge on any atom is 0.191 e. The molecule has 1 aromatic heterocycles. The van der Waals surface area contributed by atoms with Crippen molar-refractivity contribution in [3.63, 3.8) is 0 Å².